The second-order valence-corrected chi connectivity index (χ2v) is 10.8. The molecule has 0 unspecified atom stereocenters. The molecule has 0 atom stereocenters. The lowest BCUT2D eigenvalue weighted by Crippen LogP contribution is -2.47. The number of nitriles is 1. The molecule has 2 aromatic heterocycles. The Labute approximate surface area is 253 Å². The van der Waals surface area contributed by atoms with Crippen LogP contribution in [-0.4, -0.2) is 70.7 Å². The molecule has 1 fully saturated rings. The highest BCUT2D eigenvalue weighted by molar-refractivity contribution is 6.20. The highest BCUT2D eigenvalue weighted by Crippen LogP contribution is 2.39. The Morgan fingerprint density at radius 1 is 1.02 bits per heavy atom. The van der Waals surface area contributed by atoms with Gasteiger partial charge in [0.15, 0.2) is 0 Å². The van der Waals surface area contributed by atoms with Gasteiger partial charge in [0, 0.05) is 66.5 Å². The molecule has 0 aliphatic carbocycles. The van der Waals surface area contributed by atoms with Crippen LogP contribution in [0.1, 0.15) is 42.3 Å². The molecule has 3 amide bonds. The van der Waals surface area contributed by atoms with Gasteiger partial charge in [0.1, 0.15) is 11.8 Å². The summed E-state index contributed by atoms with van der Waals surface area (Å²) in [5.74, 6) is -1.07. The van der Waals surface area contributed by atoms with E-state index in [2.05, 4.69) is 20.2 Å². The van der Waals surface area contributed by atoms with Crippen molar-refractivity contribution in [3.8, 4) is 17.2 Å². The van der Waals surface area contributed by atoms with Crippen molar-refractivity contribution in [3.63, 3.8) is 0 Å². The average molecular weight is 587 g/mol. The van der Waals surface area contributed by atoms with Crippen molar-refractivity contribution in [3.05, 3.63) is 94.8 Å². The molecule has 5 aromatic rings. The third-order valence-electron chi connectivity index (χ3n) is 8.10. The molecule has 0 saturated carbocycles. The molecule has 0 radical (unpaired) electrons. The minimum atomic E-state index is -0.586. The van der Waals surface area contributed by atoms with Crippen molar-refractivity contribution in [2.75, 3.05) is 38.5 Å². The summed E-state index contributed by atoms with van der Waals surface area (Å²) < 4.78 is 0. The molecule has 44 heavy (non-hydrogen) atoms. The number of carbonyl (C=O) groups excluding carboxylic acids is 3. The lowest BCUT2D eigenvalue weighted by atomic mass is 9.92. The number of nitrogens with one attached hydrogen (secondary N) is 2. The molecule has 11 nitrogen and oxygen atoms in total. The van der Waals surface area contributed by atoms with Gasteiger partial charge in [-0.1, -0.05) is 24.3 Å². The number of H-pyrrole nitrogens is 1. The lowest BCUT2D eigenvalue weighted by Gasteiger charge is -2.32. The number of nitrogens with two attached hydrogens (primary N) is 2. The highest BCUT2D eigenvalue weighted by atomic mass is 16.2. The quantitative estimate of drug-likeness (QED) is 0.236. The largest absolute Gasteiger partial charge is 0.366 e. The zero-order valence-corrected chi connectivity index (χ0v) is 24.1. The van der Waals surface area contributed by atoms with Gasteiger partial charge in [-0.25, -0.2) is 4.98 Å². The van der Waals surface area contributed by atoms with Crippen LogP contribution in [0.3, 0.4) is 0 Å². The van der Waals surface area contributed by atoms with Gasteiger partial charge in [-0.15, -0.1) is 0 Å². The number of nitrogens with zero attached hydrogens (tertiary/aromatic N) is 4. The van der Waals surface area contributed by atoms with Crippen molar-refractivity contribution in [2.24, 2.45) is 11.5 Å². The number of piperazine rings is 1. The number of benzene rings is 3. The van der Waals surface area contributed by atoms with Crippen LogP contribution in [0.5, 0.6) is 0 Å². The normalized spacial score (nSPS) is 13.6. The van der Waals surface area contributed by atoms with E-state index in [-0.39, 0.29) is 18.1 Å². The Balaban J connectivity index is 1.44. The Bertz CT molecular complexity index is 1980. The van der Waals surface area contributed by atoms with Crippen molar-refractivity contribution in [1.29, 1.82) is 5.26 Å². The number of carbonyl (C=O) groups is 3. The van der Waals surface area contributed by atoms with Crippen LogP contribution >= 0.6 is 0 Å². The second-order valence-electron chi connectivity index (χ2n) is 10.8. The van der Waals surface area contributed by atoms with Crippen molar-refractivity contribution in [1.82, 2.24) is 19.8 Å². The van der Waals surface area contributed by atoms with E-state index >= 15 is 0 Å². The van der Waals surface area contributed by atoms with E-state index in [9.17, 15) is 14.4 Å². The van der Waals surface area contributed by atoms with Crippen LogP contribution in [-0.2, 0) is 6.54 Å². The van der Waals surface area contributed by atoms with Gasteiger partial charge in [-0.3, -0.25) is 14.4 Å². The van der Waals surface area contributed by atoms with E-state index in [0.29, 0.717) is 52.1 Å². The third-order valence-corrected chi connectivity index (χ3v) is 8.10. The monoisotopic (exact) mass is 586 g/mol. The molecule has 11 heteroatoms. The number of hydrogen-bond acceptors (Lipinski definition) is 7. The molecule has 220 valence electrons. The predicted octanol–water partition coefficient (Wildman–Crippen LogP) is 3.45. The number of aromatic nitrogens is 2. The molecule has 3 heterocycles. The van der Waals surface area contributed by atoms with Gasteiger partial charge in [0.2, 0.25) is 0 Å². The van der Waals surface area contributed by atoms with Gasteiger partial charge in [-0.2, -0.15) is 5.26 Å². The molecule has 0 spiro atoms. The Kier molecular flexibility index (Phi) is 7.53. The zero-order chi connectivity index (χ0) is 31.0. The molecule has 3 aromatic carbocycles. The predicted molar refractivity (Wildman–Crippen MR) is 168 cm³/mol. The van der Waals surface area contributed by atoms with E-state index in [4.69, 9.17) is 16.7 Å². The van der Waals surface area contributed by atoms with Crippen LogP contribution < -0.4 is 16.8 Å². The highest BCUT2D eigenvalue weighted by Gasteiger charge is 2.23. The maximum Gasteiger partial charge on any atom is 0.274 e. The Morgan fingerprint density at radius 3 is 2.50 bits per heavy atom. The molecule has 6 N–H and O–H groups in total. The number of fused-ring (bicyclic) bond motifs is 3. The first-order chi connectivity index (χ1) is 21.3. The number of anilines is 1. The van der Waals surface area contributed by atoms with Crippen LogP contribution in [0.4, 0.5) is 5.69 Å². The van der Waals surface area contributed by atoms with Crippen LogP contribution in [0.15, 0.2) is 66.9 Å². The third kappa shape index (κ3) is 5.13. The zero-order valence-electron chi connectivity index (χ0n) is 24.1. The topological polar surface area (TPSA) is 174 Å². The number of amides is 3. The molecule has 1 saturated heterocycles. The van der Waals surface area contributed by atoms with Crippen LogP contribution in [0, 0.1) is 11.3 Å². The second kappa shape index (κ2) is 11.6. The SMILES string of the molecule is CN1CCN(C(=O)c2ccc3c(c2)[nH]c2c(C(N)=O)ccc(-c4cccc(NC(=O)c5ccc(C#N)cn5)c4CN)c23)CC1. The van der Waals surface area contributed by atoms with Crippen molar-refractivity contribution >= 4 is 45.2 Å². The fraction of sp³-hybridized carbons (Fsp3) is 0.182. The maximum absolute atomic E-state index is 13.3. The number of aromatic amines is 1. The number of primary amides is 1. The van der Waals surface area contributed by atoms with Crippen molar-refractivity contribution < 1.29 is 14.4 Å². The minimum Gasteiger partial charge on any atom is -0.366 e. The van der Waals surface area contributed by atoms with Gasteiger partial charge in [0.05, 0.1) is 16.6 Å². The first-order valence-corrected chi connectivity index (χ1v) is 14.1. The van der Waals surface area contributed by atoms with Gasteiger partial charge in [0.25, 0.3) is 17.7 Å². The molecule has 6 rings (SSSR count). The van der Waals surface area contributed by atoms with E-state index in [1.54, 1.807) is 12.1 Å². The Morgan fingerprint density at radius 2 is 1.82 bits per heavy atom. The van der Waals surface area contributed by atoms with E-state index in [1.807, 2.05) is 54.4 Å². The molecule has 0 bridgehead atoms. The number of likely N-dealkylation sites (N-methyl/N-ethyl adjacent to an activating group) is 1. The number of hydrogen-bond donors (Lipinski definition) is 4. The van der Waals surface area contributed by atoms with Gasteiger partial charge >= 0.3 is 0 Å². The first kappa shape index (κ1) is 28.5. The molecule has 1 aliphatic rings. The molecular formula is C33H30N8O3. The summed E-state index contributed by atoms with van der Waals surface area (Å²) in [6.45, 7) is 3.06. The fourth-order valence-electron chi connectivity index (χ4n) is 5.72. The first-order valence-electron chi connectivity index (χ1n) is 14.1. The Hall–Kier alpha value is -5.57. The maximum atomic E-state index is 13.3. The van der Waals surface area contributed by atoms with Gasteiger partial charge < -0.3 is 31.6 Å². The molecule has 1 aliphatic heterocycles. The standard InChI is InChI=1S/C33H30N8O3/c1-40-11-13-41(14-12-40)33(44)20-6-7-23-28(15-20)38-30-24(31(36)42)9-8-22(29(23)30)21-3-2-4-26(25(21)17-35)39-32(43)27-10-5-19(16-34)18-37-27/h2-10,15,18,38H,11-14,17,35H2,1H3,(H2,36,42)(H,39,43). The average Bonchev–Trinajstić information content (AvgIpc) is 3.43. The molecular weight excluding hydrogens is 556 g/mol. The summed E-state index contributed by atoms with van der Waals surface area (Å²) in [5.41, 5.74) is 17.4. The summed E-state index contributed by atoms with van der Waals surface area (Å²) in [6.07, 6.45) is 1.34. The summed E-state index contributed by atoms with van der Waals surface area (Å²) in [6, 6.07) is 19.5. The number of rotatable bonds is 6. The summed E-state index contributed by atoms with van der Waals surface area (Å²) >= 11 is 0. The smallest absolute Gasteiger partial charge is 0.274 e. The minimum absolute atomic E-state index is 0.0420. The number of pyridine rings is 1. The summed E-state index contributed by atoms with van der Waals surface area (Å²) in [5, 5.41) is 13.5. The fourth-order valence-corrected chi connectivity index (χ4v) is 5.72. The van der Waals surface area contributed by atoms with E-state index < -0.39 is 11.8 Å². The van der Waals surface area contributed by atoms with Gasteiger partial charge in [-0.05, 0) is 60.1 Å². The van der Waals surface area contributed by atoms with Crippen molar-refractivity contribution in [2.45, 2.75) is 6.54 Å². The summed E-state index contributed by atoms with van der Waals surface area (Å²) in [4.78, 5) is 50.3. The lowest BCUT2D eigenvalue weighted by molar-refractivity contribution is 0.0664. The van der Waals surface area contributed by atoms with E-state index in [1.165, 1.54) is 18.3 Å². The summed E-state index contributed by atoms with van der Waals surface area (Å²) in [7, 11) is 2.04. The van der Waals surface area contributed by atoms with Crippen LogP contribution in [0.2, 0.25) is 0 Å². The van der Waals surface area contributed by atoms with Crippen LogP contribution in [0.25, 0.3) is 32.9 Å². The van der Waals surface area contributed by atoms with E-state index in [0.717, 1.165) is 35.0 Å².